The molecule has 11 heteroatoms. The van der Waals surface area contributed by atoms with E-state index in [4.69, 9.17) is 42.1 Å². The average molecular weight is 525 g/mol. The van der Waals surface area contributed by atoms with Gasteiger partial charge in [0.2, 0.25) is 5.75 Å². The summed E-state index contributed by atoms with van der Waals surface area (Å²) in [4.78, 5) is 40.9. The maximum absolute atomic E-state index is 12.8. The van der Waals surface area contributed by atoms with Crippen molar-refractivity contribution < 1.29 is 33.3 Å². The number of nitrogens with zero attached hydrogens (tertiary/aromatic N) is 1. The molecule has 2 aromatic rings. The molecule has 1 aromatic heterocycles. The van der Waals surface area contributed by atoms with Gasteiger partial charge in [-0.3, -0.25) is 9.59 Å². The number of carbonyl (C=O) groups is 3. The molecule has 0 aliphatic rings. The molecule has 1 amide bonds. The fourth-order valence-corrected chi connectivity index (χ4v) is 3.37. The van der Waals surface area contributed by atoms with Crippen molar-refractivity contribution in [3.05, 3.63) is 58.9 Å². The summed E-state index contributed by atoms with van der Waals surface area (Å²) in [6, 6.07) is 5.13. The molecule has 1 N–H and O–H groups in total. The second kappa shape index (κ2) is 13.0. The molecular formula is C24H26Cl2N2O7. The molecule has 0 aliphatic heterocycles. The topological polar surface area (TPSA) is 113 Å². The Morgan fingerprint density at radius 1 is 1.17 bits per heavy atom. The van der Waals surface area contributed by atoms with Crippen molar-refractivity contribution in [2.24, 2.45) is 0 Å². The number of amides is 1. The van der Waals surface area contributed by atoms with Crippen molar-refractivity contribution in [2.75, 3.05) is 7.11 Å². The number of ether oxygens (including phenoxy) is 4. The summed E-state index contributed by atoms with van der Waals surface area (Å²) in [6.07, 6.45) is 1.85. The van der Waals surface area contributed by atoms with Crippen LogP contribution in [0.15, 0.2) is 43.1 Å². The van der Waals surface area contributed by atoms with Gasteiger partial charge in [-0.1, -0.05) is 29.3 Å². The van der Waals surface area contributed by atoms with E-state index in [1.54, 1.807) is 25.1 Å². The summed E-state index contributed by atoms with van der Waals surface area (Å²) in [5.74, 6) is -1.81. The highest BCUT2D eigenvalue weighted by molar-refractivity contribution is 6.35. The fourth-order valence-electron chi connectivity index (χ4n) is 2.92. The quantitative estimate of drug-likeness (QED) is 0.340. The van der Waals surface area contributed by atoms with Gasteiger partial charge in [0.1, 0.15) is 24.0 Å². The molecule has 0 fully saturated rings. The van der Waals surface area contributed by atoms with Crippen molar-refractivity contribution >= 4 is 41.0 Å². The van der Waals surface area contributed by atoms with Crippen LogP contribution >= 0.6 is 23.2 Å². The predicted octanol–water partition coefficient (Wildman–Crippen LogP) is 4.40. The van der Waals surface area contributed by atoms with Gasteiger partial charge in [-0.05, 0) is 32.0 Å². The Morgan fingerprint density at radius 3 is 2.49 bits per heavy atom. The van der Waals surface area contributed by atoms with Crippen molar-refractivity contribution in [1.82, 2.24) is 10.3 Å². The molecule has 0 bridgehead atoms. The number of nitrogens with one attached hydrogen (secondary N) is 1. The molecule has 35 heavy (non-hydrogen) atoms. The number of esters is 2. The standard InChI is InChI=1S/C24H26Cl2N2O7/c1-6-7-18(14(3)33-19-9-8-16(25)12-17(19)26)35-24(31)13(2)28-23(30)21-22(34-15(4)29)20(32-5)10-11-27-21/h6,8-14,18H,1,7H2,2-5H3,(H,28,30)/t13-,14-,18+/m0/s1. The second-order valence-electron chi connectivity index (χ2n) is 7.38. The number of benzene rings is 1. The number of aromatic nitrogens is 1. The molecule has 0 aliphatic carbocycles. The van der Waals surface area contributed by atoms with Crippen LogP contribution in [-0.4, -0.2) is 48.2 Å². The molecule has 0 unspecified atom stereocenters. The minimum atomic E-state index is -1.07. The van der Waals surface area contributed by atoms with Gasteiger partial charge < -0.3 is 24.3 Å². The van der Waals surface area contributed by atoms with Crippen LogP contribution in [0.25, 0.3) is 0 Å². The van der Waals surface area contributed by atoms with Crippen LogP contribution in [0.5, 0.6) is 17.2 Å². The third-order valence-electron chi connectivity index (χ3n) is 4.65. The predicted molar refractivity (Wildman–Crippen MR) is 130 cm³/mol. The molecular weight excluding hydrogens is 499 g/mol. The Labute approximate surface area is 213 Å². The van der Waals surface area contributed by atoms with Gasteiger partial charge in [0.05, 0.1) is 12.1 Å². The third-order valence-corrected chi connectivity index (χ3v) is 5.18. The lowest BCUT2D eigenvalue weighted by molar-refractivity contribution is -0.155. The minimum absolute atomic E-state index is 0.133. The number of hydrogen-bond donors (Lipinski definition) is 1. The molecule has 188 valence electrons. The Hall–Kier alpha value is -3.30. The van der Waals surface area contributed by atoms with E-state index in [0.717, 1.165) is 0 Å². The molecule has 0 radical (unpaired) electrons. The summed E-state index contributed by atoms with van der Waals surface area (Å²) >= 11 is 12.1. The molecule has 9 nitrogen and oxygen atoms in total. The zero-order valence-electron chi connectivity index (χ0n) is 19.7. The van der Waals surface area contributed by atoms with Crippen molar-refractivity contribution in [1.29, 1.82) is 0 Å². The molecule has 1 aromatic carbocycles. The molecule has 2 rings (SSSR count). The van der Waals surface area contributed by atoms with Crippen LogP contribution < -0.4 is 19.5 Å². The van der Waals surface area contributed by atoms with E-state index in [2.05, 4.69) is 16.9 Å². The van der Waals surface area contributed by atoms with Crippen molar-refractivity contribution in [2.45, 2.75) is 45.4 Å². The van der Waals surface area contributed by atoms with Crippen LogP contribution in [0.2, 0.25) is 10.0 Å². The molecule has 1 heterocycles. The van der Waals surface area contributed by atoms with E-state index in [9.17, 15) is 14.4 Å². The highest BCUT2D eigenvalue weighted by atomic mass is 35.5. The zero-order chi connectivity index (χ0) is 26.1. The van der Waals surface area contributed by atoms with E-state index < -0.39 is 36.1 Å². The first-order valence-corrected chi connectivity index (χ1v) is 11.3. The Morgan fingerprint density at radius 2 is 1.89 bits per heavy atom. The van der Waals surface area contributed by atoms with Gasteiger partial charge in [-0.2, -0.15) is 0 Å². The lowest BCUT2D eigenvalue weighted by Crippen LogP contribution is -2.43. The van der Waals surface area contributed by atoms with Gasteiger partial charge in [0.25, 0.3) is 5.91 Å². The fraction of sp³-hybridized carbons (Fsp3) is 0.333. The molecule has 0 saturated carbocycles. The Balaban J connectivity index is 2.11. The van der Waals surface area contributed by atoms with Gasteiger partial charge >= 0.3 is 11.9 Å². The molecule has 3 atom stereocenters. The van der Waals surface area contributed by atoms with Crippen LogP contribution in [0.3, 0.4) is 0 Å². The van der Waals surface area contributed by atoms with Gasteiger partial charge in [0, 0.05) is 30.6 Å². The lowest BCUT2D eigenvalue weighted by Gasteiger charge is -2.26. The second-order valence-corrected chi connectivity index (χ2v) is 8.22. The van der Waals surface area contributed by atoms with E-state index in [1.807, 2.05) is 0 Å². The van der Waals surface area contributed by atoms with E-state index in [0.29, 0.717) is 15.8 Å². The summed E-state index contributed by atoms with van der Waals surface area (Å²) in [5, 5.41) is 3.25. The Kier molecular flexibility index (Phi) is 10.4. The number of rotatable bonds is 11. The van der Waals surface area contributed by atoms with Gasteiger partial charge in [-0.15, -0.1) is 6.58 Å². The van der Waals surface area contributed by atoms with Gasteiger partial charge in [0.15, 0.2) is 11.4 Å². The molecule has 0 spiro atoms. The van der Waals surface area contributed by atoms with Crippen molar-refractivity contribution in [3.63, 3.8) is 0 Å². The number of pyridine rings is 1. The third kappa shape index (κ3) is 7.87. The highest BCUT2D eigenvalue weighted by Crippen LogP contribution is 2.30. The van der Waals surface area contributed by atoms with Gasteiger partial charge in [-0.25, -0.2) is 9.78 Å². The zero-order valence-corrected chi connectivity index (χ0v) is 21.2. The largest absolute Gasteiger partial charge is 0.493 e. The van der Waals surface area contributed by atoms with Crippen LogP contribution in [0.4, 0.5) is 0 Å². The summed E-state index contributed by atoms with van der Waals surface area (Å²) < 4.78 is 21.6. The van der Waals surface area contributed by atoms with Crippen LogP contribution in [0.1, 0.15) is 37.7 Å². The van der Waals surface area contributed by atoms with Crippen molar-refractivity contribution in [3.8, 4) is 17.2 Å². The summed E-state index contributed by atoms with van der Waals surface area (Å²) in [6.45, 7) is 8.01. The summed E-state index contributed by atoms with van der Waals surface area (Å²) in [7, 11) is 1.35. The first kappa shape index (κ1) is 27.9. The van der Waals surface area contributed by atoms with Crippen LogP contribution in [-0.2, 0) is 14.3 Å². The first-order valence-electron chi connectivity index (χ1n) is 10.5. The SMILES string of the molecule is C=CC[C@@H](OC(=O)[C@H](C)NC(=O)c1nccc(OC)c1OC(C)=O)[C@H](C)Oc1ccc(Cl)cc1Cl. The normalized spacial score (nSPS) is 13.1. The van der Waals surface area contributed by atoms with Crippen LogP contribution in [0, 0.1) is 0 Å². The number of methoxy groups -OCH3 is 1. The van der Waals surface area contributed by atoms with E-state index >= 15 is 0 Å². The van der Waals surface area contributed by atoms with E-state index in [1.165, 1.54) is 39.3 Å². The monoisotopic (exact) mass is 524 g/mol. The molecule has 0 saturated heterocycles. The average Bonchev–Trinajstić information content (AvgIpc) is 2.80. The maximum atomic E-state index is 12.8. The summed E-state index contributed by atoms with van der Waals surface area (Å²) in [5.41, 5.74) is -0.226. The van der Waals surface area contributed by atoms with E-state index in [-0.39, 0.29) is 23.6 Å². The minimum Gasteiger partial charge on any atom is -0.493 e. The lowest BCUT2D eigenvalue weighted by atomic mass is 10.1. The Bertz CT molecular complexity index is 1090. The highest BCUT2D eigenvalue weighted by Gasteiger charge is 2.28. The first-order chi connectivity index (χ1) is 16.6. The number of hydrogen-bond acceptors (Lipinski definition) is 8. The number of halogens is 2. The maximum Gasteiger partial charge on any atom is 0.328 e. The smallest absolute Gasteiger partial charge is 0.328 e. The number of carbonyl (C=O) groups excluding carboxylic acids is 3.